The van der Waals surface area contributed by atoms with Gasteiger partial charge in [0.15, 0.2) is 0 Å². The normalized spacial score (nSPS) is 10.1. The van der Waals surface area contributed by atoms with Crippen molar-refractivity contribution < 1.29 is 9.18 Å². The van der Waals surface area contributed by atoms with Crippen molar-refractivity contribution in [1.82, 2.24) is 0 Å². The second kappa shape index (κ2) is 4.92. The van der Waals surface area contributed by atoms with Crippen LogP contribution >= 0.6 is 0 Å². The Morgan fingerprint density at radius 3 is 2.50 bits per heavy atom. The Balaban J connectivity index is 2.21. The van der Waals surface area contributed by atoms with E-state index in [1.54, 1.807) is 12.1 Å². The monoisotopic (exact) mass is 242 g/mol. The number of anilines is 2. The summed E-state index contributed by atoms with van der Waals surface area (Å²) in [7, 11) is 1.95. The van der Waals surface area contributed by atoms with Gasteiger partial charge in [-0.05, 0) is 30.3 Å². The second-order valence-corrected chi connectivity index (χ2v) is 4.06. The maximum absolute atomic E-state index is 13.5. The maximum Gasteiger partial charge on any atom is 0.258 e. The van der Waals surface area contributed by atoms with Crippen LogP contribution in [0.2, 0.25) is 0 Å². The summed E-state index contributed by atoms with van der Waals surface area (Å²) in [6.07, 6.45) is 0. The van der Waals surface area contributed by atoms with E-state index in [-0.39, 0.29) is 5.56 Å². The van der Waals surface area contributed by atoms with Crippen LogP contribution in [0.4, 0.5) is 15.8 Å². The Labute approximate surface area is 105 Å². The summed E-state index contributed by atoms with van der Waals surface area (Å²) < 4.78 is 13.5. The number of nitrogens with two attached hydrogens (primary N) is 1. The topological polar surface area (TPSA) is 55.1 Å². The van der Waals surface area contributed by atoms with Gasteiger partial charge in [0.1, 0.15) is 13.7 Å². The fourth-order valence-electron chi connectivity index (χ4n) is 1.55. The molecule has 0 bridgehead atoms. The van der Waals surface area contributed by atoms with Gasteiger partial charge in [0, 0.05) is 11.4 Å². The molecule has 0 aliphatic rings. The molecule has 0 aliphatic carbocycles. The standard InChI is InChI=1S/C13H12BFN2O/c14-8-1-4-10(5-2-8)17-13(18)11-7-9(16)3-6-12(11)15/h1-7H,14,16H2,(H,17,18). The van der Waals surface area contributed by atoms with Crippen molar-refractivity contribution in [2.24, 2.45) is 0 Å². The number of carbonyl (C=O) groups is 1. The van der Waals surface area contributed by atoms with Crippen molar-refractivity contribution in [3.63, 3.8) is 0 Å². The van der Waals surface area contributed by atoms with E-state index >= 15 is 0 Å². The lowest BCUT2D eigenvalue weighted by atomic mass is 9.96. The van der Waals surface area contributed by atoms with Crippen LogP contribution in [0.15, 0.2) is 42.5 Å². The molecule has 3 N–H and O–H groups in total. The molecule has 0 aromatic heterocycles. The summed E-state index contributed by atoms with van der Waals surface area (Å²) in [6, 6.07) is 11.2. The van der Waals surface area contributed by atoms with E-state index in [1.807, 2.05) is 20.0 Å². The smallest absolute Gasteiger partial charge is 0.258 e. The average Bonchev–Trinajstić information content (AvgIpc) is 2.35. The van der Waals surface area contributed by atoms with Gasteiger partial charge in [0.05, 0.1) is 5.56 Å². The molecule has 1 amide bonds. The molecule has 0 heterocycles. The quantitative estimate of drug-likeness (QED) is 0.607. The first-order valence-electron chi connectivity index (χ1n) is 5.49. The predicted octanol–water partition coefficient (Wildman–Crippen LogP) is 0.919. The number of carbonyl (C=O) groups excluding carboxylic acids is 1. The lowest BCUT2D eigenvalue weighted by Gasteiger charge is -2.07. The predicted molar refractivity (Wildman–Crippen MR) is 73.4 cm³/mol. The van der Waals surface area contributed by atoms with E-state index in [0.29, 0.717) is 11.4 Å². The van der Waals surface area contributed by atoms with E-state index in [0.717, 1.165) is 5.46 Å². The van der Waals surface area contributed by atoms with Gasteiger partial charge < -0.3 is 11.1 Å². The highest BCUT2D eigenvalue weighted by Gasteiger charge is 2.12. The number of amides is 1. The summed E-state index contributed by atoms with van der Waals surface area (Å²) in [5.74, 6) is -1.10. The highest BCUT2D eigenvalue weighted by molar-refractivity contribution is 6.32. The summed E-state index contributed by atoms with van der Waals surface area (Å²) in [5.41, 5.74) is 7.53. The number of nitrogens with one attached hydrogen (secondary N) is 1. The lowest BCUT2D eigenvalue weighted by Crippen LogP contribution is -2.14. The van der Waals surface area contributed by atoms with Crippen molar-refractivity contribution in [3.8, 4) is 0 Å². The van der Waals surface area contributed by atoms with Gasteiger partial charge in [0.25, 0.3) is 5.91 Å². The molecular formula is C13H12BFN2O. The van der Waals surface area contributed by atoms with Gasteiger partial charge in [-0.3, -0.25) is 4.79 Å². The average molecular weight is 242 g/mol. The largest absolute Gasteiger partial charge is 0.399 e. The molecule has 0 radical (unpaired) electrons. The number of rotatable bonds is 2. The van der Waals surface area contributed by atoms with Gasteiger partial charge in [-0.1, -0.05) is 17.6 Å². The molecule has 0 spiro atoms. The van der Waals surface area contributed by atoms with E-state index in [4.69, 9.17) is 5.73 Å². The molecule has 0 atom stereocenters. The molecule has 0 aliphatic heterocycles. The van der Waals surface area contributed by atoms with Crippen molar-refractivity contribution in [3.05, 3.63) is 53.8 Å². The van der Waals surface area contributed by atoms with Crippen LogP contribution < -0.4 is 16.5 Å². The van der Waals surface area contributed by atoms with Gasteiger partial charge in [0.2, 0.25) is 0 Å². The molecule has 0 unspecified atom stereocenters. The molecule has 2 aromatic rings. The van der Waals surface area contributed by atoms with Gasteiger partial charge in [-0.2, -0.15) is 0 Å². The van der Waals surface area contributed by atoms with Crippen LogP contribution in [0.5, 0.6) is 0 Å². The first-order valence-corrected chi connectivity index (χ1v) is 5.49. The summed E-state index contributed by atoms with van der Waals surface area (Å²) >= 11 is 0. The molecule has 3 nitrogen and oxygen atoms in total. The first-order chi connectivity index (χ1) is 8.56. The van der Waals surface area contributed by atoms with Crippen molar-refractivity contribution in [2.75, 3.05) is 11.1 Å². The Morgan fingerprint density at radius 1 is 1.17 bits per heavy atom. The zero-order valence-electron chi connectivity index (χ0n) is 9.91. The Kier molecular flexibility index (Phi) is 3.32. The number of halogens is 1. The summed E-state index contributed by atoms with van der Waals surface area (Å²) in [5, 5.41) is 2.62. The van der Waals surface area contributed by atoms with Crippen molar-refractivity contribution in [2.45, 2.75) is 0 Å². The van der Waals surface area contributed by atoms with E-state index in [9.17, 15) is 9.18 Å². The van der Waals surface area contributed by atoms with Crippen LogP contribution in [0.3, 0.4) is 0 Å². The minimum absolute atomic E-state index is 0.0597. The highest BCUT2D eigenvalue weighted by atomic mass is 19.1. The molecule has 90 valence electrons. The lowest BCUT2D eigenvalue weighted by molar-refractivity contribution is 0.102. The molecule has 5 heteroatoms. The van der Waals surface area contributed by atoms with Gasteiger partial charge in [-0.25, -0.2) is 4.39 Å². The summed E-state index contributed by atoms with van der Waals surface area (Å²) in [6.45, 7) is 0. The third kappa shape index (κ3) is 2.68. The van der Waals surface area contributed by atoms with Crippen LogP contribution in [-0.4, -0.2) is 13.8 Å². The SMILES string of the molecule is Bc1ccc(NC(=O)c2cc(N)ccc2F)cc1. The highest BCUT2D eigenvalue weighted by Crippen LogP contribution is 2.14. The zero-order chi connectivity index (χ0) is 13.1. The number of benzene rings is 2. The minimum atomic E-state index is -0.589. The molecule has 2 aromatic carbocycles. The Morgan fingerprint density at radius 2 is 1.83 bits per heavy atom. The molecule has 0 saturated heterocycles. The molecular weight excluding hydrogens is 230 g/mol. The van der Waals surface area contributed by atoms with E-state index in [1.165, 1.54) is 18.2 Å². The number of hydrogen-bond acceptors (Lipinski definition) is 2. The third-order valence-electron chi connectivity index (χ3n) is 2.54. The van der Waals surface area contributed by atoms with Crippen LogP contribution in [0.25, 0.3) is 0 Å². The fraction of sp³-hybridized carbons (Fsp3) is 0. The van der Waals surface area contributed by atoms with Crippen molar-refractivity contribution >= 4 is 30.6 Å². The number of hydrogen-bond donors (Lipinski definition) is 2. The van der Waals surface area contributed by atoms with Crippen LogP contribution in [0, 0.1) is 5.82 Å². The Bertz CT molecular complexity index is 584. The Hall–Kier alpha value is -2.30. The summed E-state index contributed by atoms with van der Waals surface area (Å²) in [4.78, 5) is 11.9. The second-order valence-electron chi connectivity index (χ2n) is 4.06. The molecule has 0 saturated carbocycles. The van der Waals surface area contributed by atoms with E-state index < -0.39 is 11.7 Å². The number of nitrogen functional groups attached to an aromatic ring is 1. The third-order valence-corrected chi connectivity index (χ3v) is 2.54. The van der Waals surface area contributed by atoms with Crippen LogP contribution in [-0.2, 0) is 0 Å². The minimum Gasteiger partial charge on any atom is -0.399 e. The van der Waals surface area contributed by atoms with E-state index in [2.05, 4.69) is 5.32 Å². The maximum atomic E-state index is 13.5. The first kappa shape index (κ1) is 12.2. The molecule has 0 fully saturated rings. The van der Waals surface area contributed by atoms with Gasteiger partial charge in [-0.15, -0.1) is 0 Å². The molecule has 2 rings (SSSR count). The zero-order valence-corrected chi connectivity index (χ0v) is 9.91. The van der Waals surface area contributed by atoms with Crippen molar-refractivity contribution in [1.29, 1.82) is 0 Å². The van der Waals surface area contributed by atoms with Gasteiger partial charge >= 0.3 is 0 Å². The fourth-order valence-corrected chi connectivity index (χ4v) is 1.55. The van der Waals surface area contributed by atoms with Crippen LogP contribution in [0.1, 0.15) is 10.4 Å². The molecule has 18 heavy (non-hydrogen) atoms.